The van der Waals surface area contributed by atoms with Gasteiger partial charge in [0.25, 0.3) is 6.43 Å². The highest BCUT2D eigenvalue weighted by Gasteiger charge is 2.32. The largest absolute Gasteiger partial charge is 0.464 e. The van der Waals surface area contributed by atoms with Crippen molar-refractivity contribution in [2.75, 3.05) is 26.2 Å². The second-order valence-corrected chi connectivity index (χ2v) is 4.22. The van der Waals surface area contributed by atoms with Gasteiger partial charge >= 0.3 is 0 Å². The number of rotatable bonds is 4. The van der Waals surface area contributed by atoms with E-state index in [9.17, 15) is 8.78 Å². The normalized spacial score (nSPS) is 17.7. The molecule has 0 radical (unpaired) electrons. The third-order valence-corrected chi connectivity index (χ3v) is 3.11. The Kier molecular flexibility index (Phi) is 8.57. The fourth-order valence-corrected chi connectivity index (χ4v) is 2.17. The molecule has 19 heavy (non-hydrogen) atoms. The van der Waals surface area contributed by atoms with Gasteiger partial charge in [-0.3, -0.25) is 4.90 Å². The van der Waals surface area contributed by atoms with E-state index in [2.05, 4.69) is 5.32 Å². The quantitative estimate of drug-likeness (QED) is 0.926. The van der Waals surface area contributed by atoms with E-state index in [-0.39, 0.29) is 24.8 Å². The van der Waals surface area contributed by atoms with Gasteiger partial charge in [-0.15, -0.1) is 24.8 Å². The first-order chi connectivity index (χ1) is 8.22. The molecule has 0 saturated carbocycles. The predicted octanol–water partition coefficient (Wildman–Crippen LogP) is 2.90. The van der Waals surface area contributed by atoms with Gasteiger partial charge in [0.05, 0.1) is 0 Å². The molecular weight excluding hydrogens is 297 g/mol. The van der Waals surface area contributed by atoms with Gasteiger partial charge in [0.15, 0.2) is 0 Å². The molecule has 1 N–H and O–H groups in total. The Balaban J connectivity index is 0.00000162. The zero-order valence-electron chi connectivity index (χ0n) is 10.8. The van der Waals surface area contributed by atoms with Gasteiger partial charge in [-0.1, -0.05) is 6.92 Å². The first-order valence-electron chi connectivity index (χ1n) is 6.04. The minimum atomic E-state index is -2.41. The number of hydrogen-bond acceptors (Lipinski definition) is 3. The van der Waals surface area contributed by atoms with Gasteiger partial charge in [0, 0.05) is 32.6 Å². The van der Waals surface area contributed by atoms with Crippen LogP contribution < -0.4 is 5.32 Å². The molecule has 2 rings (SSSR count). The van der Waals surface area contributed by atoms with Crippen molar-refractivity contribution in [3.63, 3.8) is 0 Å². The molecule has 1 fully saturated rings. The smallest absolute Gasteiger partial charge is 0.261 e. The number of piperazine rings is 1. The fourth-order valence-electron chi connectivity index (χ4n) is 2.17. The van der Waals surface area contributed by atoms with E-state index in [0.717, 1.165) is 25.3 Å². The highest BCUT2D eigenvalue weighted by molar-refractivity contribution is 5.85. The van der Waals surface area contributed by atoms with Crippen molar-refractivity contribution >= 4 is 24.8 Å². The Bertz CT molecular complexity index is 357. The van der Waals surface area contributed by atoms with E-state index in [1.165, 1.54) is 0 Å². The minimum absolute atomic E-state index is 0. The number of furan rings is 1. The molecule has 0 amide bonds. The molecule has 0 aliphatic carbocycles. The maximum absolute atomic E-state index is 13.2. The number of nitrogens with one attached hydrogen (secondary N) is 1. The van der Waals surface area contributed by atoms with Crippen LogP contribution in [-0.2, 0) is 6.42 Å². The molecular formula is C12H20Cl2F2N2O. The average Bonchev–Trinajstić information content (AvgIpc) is 2.79. The van der Waals surface area contributed by atoms with Crippen LogP contribution >= 0.6 is 24.8 Å². The van der Waals surface area contributed by atoms with Gasteiger partial charge in [-0.05, 0) is 12.1 Å². The number of alkyl halides is 2. The van der Waals surface area contributed by atoms with Crippen LogP contribution in [0.25, 0.3) is 0 Å². The van der Waals surface area contributed by atoms with Crippen molar-refractivity contribution in [3.05, 3.63) is 23.7 Å². The Morgan fingerprint density at radius 1 is 1.26 bits per heavy atom. The van der Waals surface area contributed by atoms with Gasteiger partial charge < -0.3 is 9.73 Å². The number of aryl methyl sites for hydroxylation is 1. The van der Waals surface area contributed by atoms with Crippen molar-refractivity contribution in [1.82, 2.24) is 10.2 Å². The van der Waals surface area contributed by atoms with Crippen LogP contribution in [0.15, 0.2) is 16.5 Å². The molecule has 2 heterocycles. The van der Waals surface area contributed by atoms with E-state index in [1.807, 2.05) is 6.92 Å². The van der Waals surface area contributed by atoms with Crippen molar-refractivity contribution in [1.29, 1.82) is 0 Å². The van der Waals surface area contributed by atoms with Gasteiger partial charge in [-0.25, -0.2) is 8.78 Å². The third-order valence-electron chi connectivity index (χ3n) is 3.11. The lowest BCUT2D eigenvalue weighted by atomic mass is 10.1. The summed E-state index contributed by atoms with van der Waals surface area (Å²) in [7, 11) is 0. The lowest BCUT2D eigenvalue weighted by molar-refractivity contribution is 0.00705. The average molecular weight is 317 g/mol. The molecule has 1 atom stereocenters. The zero-order chi connectivity index (χ0) is 12.3. The topological polar surface area (TPSA) is 28.4 Å². The predicted molar refractivity (Wildman–Crippen MR) is 75.8 cm³/mol. The van der Waals surface area contributed by atoms with Crippen LogP contribution in [0.5, 0.6) is 0 Å². The van der Waals surface area contributed by atoms with Crippen LogP contribution in [0.2, 0.25) is 0 Å². The van der Waals surface area contributed by atoms with E-state index >= 15 is 0 Å². The van der Waals surface area contributed by atoms with E-state index in [0.29, 0.717) is 18.8 Å². The summed E-state index contributed by atoms with van der Waals surface area (Å²) in [5, 5.41) is 3.16. The second-order valence-electron chi connectivity index (χ2n) is 4.22. The minimum Gasteiger partial charge on any atom is -0.464 e. The lowest BCUT2D eigenvalue weighted by Gasteiger charge is -2.33. The molecule has 1 aliphatic heterocycles. The molecule has 7 heteroatoms. The maximum Gasteiger partial charge on any atom is 0.261 e. The van der Waals surface area contributed by atoms with Crippen LogP contribution in [0.1, 0.15) is 24.5 Å². The molecule has 1 saturated heterocycles. The van der Waals surface area contributed by atoms with Crippen LogP contribution in [0, 0.1) is 0 Å². The van der Waals surface area contributed by atoms with Gasteiger partial charge in [-0.2, -0.15) is 0 Å². The zero-order valence-corrected chi connectivity index (χ0v) is 12.4. The third kappa shape index (κ3) is 4.60. The molecule has 0 spiro atoms. The van der Waals surface area contributed by atoms with Crippen molar-refractivity contribution < 1.29 is 13.2 Å². The highest BCUT2D eigenvalue weighted by Crippen LogP contribution is 2.29. The molecule has 1 aliphatic rings. The Labute approximate surface area is 124 Å². The molecule has 1 aromatic rings. The summed E-state index contributed by atoms with van der Waals surface area (Å²) >= 11 is 0. The van der Waals surface area contributed by atoms with Gasteiger partial charge in [0.2, 0.25) is 0 Å². The van der Waals surface area contributed by atoms with E-state index in [4.69, 9.17) is 4.42 Å². The standard InChI is InChI=1S/C12H18F2N2O.2ClH/c1-2-9-3-4-10(17-9)11(12(13)14)16-7-5-15-6-8-16;;/h3-4,11-12,15H,2,5-8H2,1H3;2*1H/t11-;;/m1../s1. The Morgan fingerprint density at radius 3 is 2.37 bits per heavy atom. The first kappa shape index (κ1) is 18.6. The Morgan fingerprint density at radius 2 is 1.89 bits per heavy atom. The van der Waals surface area contributed by atoms with Crippen molar-refractivity contribution in [2.45, 2.75) is 25.8 Å². The van der Waals surface area contributed by atoms with Crippen LogP contribution in [-0.4, -0.2) is 37.5 Å². The Hall–Kier alpha value is -0.360. The first-order valence-corrected chi connectivity index (χ1v) is 6.04. The van der Waals surface area contributed by atoms with Crippen molar-refractivity contribution in [2.24, 2.45) is 0 Å². The van der Waals surface area contributed by atoms with E-state index in [1.54, 1.807) is 17.0 Å². The van der Waals surface area contributed by atoms with Crippen LogP contribution in [0.3, 0.4) is 0 Å². The maximum atomic E-state index is 13.2. The second kappa shape index (κ2) is 8.74. The molecule has 112 valence electrons. The highest BCUT2D eigenvalue weighted by atomic mass is 35.5. The fraction of sp³-hybridized carbons (Fsp3) is 0.667. The SMILES string of the molecule is CCc1ccc([C@H](C(F)F)N2CCNCC2)o1.Cl.Cl. The molecule has 0 bridgehead atoms. The molecule has 0 aromatic carbocycles. The number of hydrogen-bond donors (Lipinski definition) is 1. The summed E-state index contributed by atoms with van der Waals surface area (Å²) < 4.78 is 31.8. The summed E-state index contributed by atoms with van der Waals surface area (Å²) in [5.41, 5.74) is 0. The summed E-state index contributed by atoms with van der Waals surface area (Å²) in [4.78, 5) is 1.79. The molecule has 0 unspecified atom stereocenters. The number of nitrogens with zero attached hydrogens (tertiary/aromatic N) is 1. The van der Waals surface area contributed by atoms with E-state index < -0.39 is 12.5 Å². The monoisotopic (exact) mass is 316 g/mol. The van der Waals surface area contributed by atoms with Gasteiger partial charge in [0.1, 0.15) is 17.6 Å². The lowest BCUT2D eigenvalue weighted by Crippen LogP contribution is -2.46. The molecule has 3 nitrogen and oxygen atoms in total. The van der Waals surface area contributed by atoms with Crippen molar-refractivity contribution in [3.8, 4) is 0 Å². The summed E-state index contributed by atoms with van der Waals surface area (Å²) in [6, 6.07) is 2.56. The summed E-state index contributed by atoms with van der Waals surface area (Å²) in [6.45, 7) is 4.73. The summed E-state index contributed by atoms with van der Waals surface area (Å²) in [5.74, 6) is 1.15. The number of halogens is 4. The summed E-state index contributed by atoms with van der Waals surface area (Å²) in [6.07, 6.45) is -1.68. The molecule has 1 aromatic heterocycles. The van der Waals surface area contributed by atoms with Crippen LogP contribution in [0.4, 0.5) is 8.78 Å².